The molecule has 4 nitrogen and oxygen atoms in total. The van der Waals surface area contributed by atoms with Crippen LogP contribution in [0.5, 0.6) is 0 Å². The molecular weight excluding hydrogens is 849 g/mol. The molecule has 6 aliphatic heterocycles. The smallest absolute Gasteiger partial charge is 0.264 e. The lowest BCUT2D eigenvalue weighted by Crippen LogP contribution is -2.70. The summed E-state index contributed by atoms with van der Waals surface area (Å²) < 4.78 is 8.13. The third kappa shape index (κ3) is 3.88. The number of hydrogen-bond acceptors (Lipinski definition) is 5. The minimum atomic E-state index is 0.0134. The Labute approximate surface area is 394 Å². The van der Waals surface area contributed by atoms with E-state index in [1.54, 1.807) is 0 Å². The normalized spacial score (nSPS) is 14.7. The zero-order valence-corrected chi connectivity index (χ0v) is 37.4. The molecule has 0 bridgehead atoms. The third-order valence-electron chi connectivity index (χ3n) is 16.1. The first-order valence-corrected chi connectivity index (χ1v) is 25.0. The maximum absolute atomic E-state index is 2.72. The summed E-state index contributed by atoms with van der Waals surface area (Å²) in [6.07, 6.45) is 0. The van der Waals surface area contributed by atoms with Gasteiger partial charge in [-0.3, -0.25) is 0 Å². The Morgan fingerprint density at radius 1 is 0.313 bits per heavy atom. The van der Waals surface area contributed by atoms with E-state index in [0.29, 0.717) is 0 Å². The van der Waals surface area contributed by atoms with Crippen molar-refractivity contribution in [3.05, 3.63) is 188 Å². The maximum Gasteiger partial charge on any atom is 0.264 e. The van der Waals surface area contributed by atoms with Crippen LogP contribution in [0.15, 0.2) is 188 Å². The van der Waals surface area contributed by atoms with Crippen molar-refractivity contribution in [2.24, 2.45) is 0 Å². The molecule has 6 aliphatic rings. The van der Waals surface area contributed by atoms with Crippen molar-refractivity contribution in [3.63, 3.8) is 0 Å². The van der Waals surface area contributed by atoms with Crippen molar-refractivity contribution in [2.75, 3.05) is 14.7 Å². The predicted molar refractivity (Wildman–Crippen MR) is 290 cm³/mol. The number of para-hydroxylation sites is 4. The molecule has 0 amide bonds. The van der Waals surface area contributed by atoms with Gasteiger partial charge in [-0.15, -0.1) is 22.7 Å². The second-order valence-electron chi connectivity index (χ2n) is 19.0. The molecule has 3 aromatic heterocycles. The summed E-state index contributed by atoms with van der Waals surface area (Å²) >= 11 is 3.97. The number of hydrogen-bond donors (Lipinski definition) is 0. The molecule has 304 valence electrons. The van der Waals surface area contributed by atoms with E-state index in [9.17, 15) is 0 Å². The molecule has 0 aliphatic carbocycles. The van der Waals surface area contributed by atoms with Crippen molar-refractivity contribution in [1.29, 1.82) is 0 Å². The largest absolute Gasteiger partial charge is 0.311 e. The minimum absolute atomic E-state index is 0.0134. The second kappa shape index (κ2) is 11.8. The summed E-state index contributed by atoms with van der Waals surface area (Å²) in [7, 11) is 0. The Kier molecular flexibility index (Phi) is 6.10. The molecule has 0 N–H and O–H groups in total. The highest BCUT2D eigenvalue weighted by Gasteiger charge is 2.54. The molecule has 67 heavy (non-hydrogen) atoms. The number of aromatic nitrogens is 1. The molecule has 9 heterocycles. The average molecular weight is 880 g/mol. The van der Waals surface area contributed by atoms with Gasteiger partial charge in [0.2, 0.25) is 0 Å². The van der Waals surface area contributed by atoms with Gasteiger partial charge >= 0.3 is 0 Å². The van der Waals surface area contributed by atoms with E-state index in [4.69, 9.17) is 0 Å². The molecule has 0 saturated heterocycles. The summed E-state index contributed by atoms with van der Waals surface area (Å²) in [4.78, 5) is 7.97. The van der Waals surface area contributed by atoms with Crippen LogP contribution in [0.4, 0.5) is 51.2 Å². The Hall–Kier alpha value is -7.71. The molecule has 18 rings (SSSR count). The maximum atomic E-state index is 2.72. The van der Waals surface area contributed by atoms with E-state index in [2.05, 4.69) is 207 Å². The van der Waals surface area contributed by atoms with Gasteiger partial charge in [0, 0.05) is 91.5 Å². The van der Waals surface area contributed by atoms with E-state index in [0.717, 1.165) is 0 Å². The van der Waals surface area contributed by atoms with E-state index in [1.165, 1.54) is 147 Å². The first kappa shape index (κ1) is 34.6. The standard InChI is InChI=1S/C58H31B3N4S2/c1-2-14-32(15-3-1)62-42-23-9-7-20-37(42)60-50-45(62)30-28-39-55(50)64(53-35-17-5-10-26-47(35)66-57(53)60)43-24-13-25-44-49(43)59(39)40-29-31-46-51-56(40)65(44)54-36-18-6-11-27-48(36)67-58(54)61(51)38-21-12-19-34-33-16-4-8-22-41(33)63(46)52(34)38/h1-31H. The Balaban J connectivity index is 1.00. The van der Waals surface area contributed by atoms with Gasteiger partial charge in [0.05, 0.1) is 16.9 Å². The molecule has 0 saturated carbocycles. The molecule has 0 radical (unpaired) electrons. The number of anilines is 9. The van der Waals surface area contributed by atoms with Gasteiger partial charge < -0.3 is 19.3 Å². The molecule has 0 spiro atoms. The van der Waals surface area contributed by atoms with Crippen molar-refractivity contribution >= 4 is 184 Å². The fraction of sp³-hybridized carbons (Fsp3) is 0. The van der Waals surface area contributed by atoms with E-state index in [-0.39, 0.29) is 20.1 Å². The van der Waals surface area contributed by atoms with E-state index >= 15 is 0 Å². The monoisotopic (exact) mass is 880 g/mol. The van der Waals surface area contributed by atoms with Gasteiger partial charge in [0.25, 0.3) is 20.1 Å². The van der Waals surface area contributed by atoms with Gasteiger partial charge in [0.1, 0.15) is 0 Å². The molecular formula is C58H31B3N4S2. The zero-order valence-electron chi connectivity index (χ0n) is 35.7. The van der Waals surface area contributed by atoms with Crippen molar-refractivity contribution in [1.82, 2.24) is 4.57 Å². The molecule has 9 heteroatoms. The first-order valence-electron chi connectivity index (χ1n) is 23.4. The Bertz CT molecular complexity index is 4300. The van der Waals surface area contributed by atoms with Crippen LogP contribution >= 0.6 is 22.7 Å². The highest BCUT2D eigenvalue weighted by atomic mass is 32.1. The number of fused-ring (bicyclic) bond motifs is 21. The fourth-order valence-electron chi connectivity index (χ4n) is 13.8. The summed E-state index contributed by atoms with van der Waals surface area (Å²) in [6.45, 7) is 0.196. The second-order valence-corrected chi connectivity index (χ2v) is 21.2. The van der Waals surface area contributed by atoms with Crippen LogP contribution in [-0.4, -0.2) is 24.7 Å². The molecule has 0 atom stereocenters. The number of benzene rings is 9. The molecule has 0 fully saturated rings. The topological polar surface area (TPSA) is 14.7 Å². The Morgan fingerprint density at radius 3 is 1.57 bits per heavy atom. The summed E-state index contributed by atoms with van der Waals surface area (Å²) in [5.74, 6) is 0. The highest BCUT2D eigenvalue weighted by molar-refractivity contribution is 7.34. The Morgan fingerprint density at radius 2 is 0.836 bits per heavy atom. The minimum Gasteiger partial charge on any atom is -0.311 e. The van der Waals surface area contributed by atoms with E-state index in [1.807, 2.05) is 22.7 Å². The molecule has 0 unspecified atom stereocenters. The fourth-order valence-corrected chi connectivity index (χ4v) is 16.5. The average Bonchev–Trinajstić information content (AvgIpc) is 4.07. The van der Waals surface area contributed by atoms with Gasteiger partial charge in [-0.1, -0.05) is 127 Å². The van der Waals surface area contributed by atoms with Crippen molar-refractivity contribution in [2.45, 2.75) is 0 Å². The quantitative estimate of drug-likeness (QED) is 0.153. The van der Waals surface area contributed by atoms with Gasteiger partial charge in [0.15, 0.2) is 0 Å². The predicted octanol–water partition coefficient (Wildman–Crippen LogP) is 9.05. The summed E-state index contributed by atoms with van der Waals surface area (Å²) in [5.41, 5.74) is 25.3. The van der Waals surface area contributed by atoms with Crippen LogP contribution in [0.2, 0.25) is 0 Å². The lowest BCUT2D eigenvalue weighted by atomic mass is 9.28. The van der Waals surface area contributed by atoms with Gasteiger partial charge in [-0.05, 0) is 98.9 Å². The van der Waals surface area contributed by atoms with Crippen molar-refractivity contribution < 1.29 is 0 Å². The lowest BCUT2D eigenvalue weighted by Gasteiger charge is -2.50. The van der Waals surface area contributed by atoms with E-state index < -0.39 is 0 Å². The van der Waals surface area contributed by atoms with Crippen LogP contribution in [0, 0.1) is 0 Å². The number of nitrogens with zero attached hydrogens (tertiary/aromatic N) is 4. The first-order chi connectivity index (χ1) is 33.3. The van der Waals surface area contributed by atoms with Crippen molar-refractivity contribution in [3.8, 4) is 5.69 Å². The summed E-state index contributed by atoms with van der Waals surface area (Å²) in [5, 5.41) is 5.30. The third-order valence-corrected chi connectivity index (χ3v) is 18.6. The molecule has 9 aromatic carbocycles. The molecule has 12 aromatic rings. The summed E-state index contributed by atoms with van der Waals surface area (Å²) in [6, 6.07) is 71.8. The van der Waals surface area contributed by atoms with Crippen LogP contribution in [-0.2, 0) is 0 Å². The zero-order chi connectivity index (χ0) is 43.0. The lowest BCUT2D eigenvalue weighted by molar-refractivity contribution is 1.18. The van der Waals surface area contributed by atoms with Gasteiger partial charge in [-0.25, -0.2) is 0 Å². The highest BCUT2D eigenvalue weighted by Crippen LogP contribution is 2.52. The van der Waals surface area contributed by atoms with Crippen LogP contribution in [0.1, 0.15) is 0 Å². The number of thiophene rings is 2. The van der Waals surface area contributed by atoms with Crippen LogP contribution in [0.3, 0.4) is 0 Å². The number of rotatable bonds is 1. The van der Waals surface area contributed by atoms with Crippen LogP contribution in [0.25, 0.3) is 47.7 Å². The van der Waals surface area contributed by atoms with Gasteiger partial charge in [-0.2, -0.15) is 0 Å². The van der Waals surface area contributed by atoms with Crippen LogP contribution < -0.4 is 62.5 Å². The SMILES string of the molecule is c1ccc(N2c3ccccc3B3c4sc5ccccc5c4N4c5cccc6c5B(c5ccc2c3c54)c2ccc3c4c2N6c2c(sc5ccccc25)B4c2cccc4c5ccccc5n-3c24)cc1.